The third kappa shape index (κ3) is 4.19. The van der Waals surface area contributed by atoms with Crippen LogP contribution in [0.4, 0.5) is 16.3 Å². The number of nitrogens with one attached hydrogen (secondary N) is 1. The Morgan fingerprint density at radius 2 is 2.12 bits per heavy atom. The van der Waals surface area contributed by atoms with E-state index >= 15 is 0 Å². The number of hydrogen-bond acceptors (Lipinski definition) is 6. The van der Waals surface area contributed by atoms with Crippen molar-refractivity contribution in [1.82, 2.24) is 10.3 Å². The van der Waals surface area contributed by atoms with E-state index in [2.05, 4.69) is 15.2 Å². The Morgan fingerprint density at radius 3 is 2.81 bits per heavy atom. The van der Waals surface area contributed by atoms with E-state index in [1.54, 1.807) is 6.07 Å². The van der Waals surface area contributed by atoms with Crippen molar-refractivity contribution >= 4 is 28.5 Å². The van der Waals surface area contributed by atoms with Gasteiger partial charge in [0, 0.05) is 30.6 Å². The first-order valence-electron chi connectivity index (χ1n) is 8.51. The first-order chi connectivity index (χ1) is 12.2. The summed E-state index contributed by atoms with van der Waals surface area (Å²) in [6.45, 7) is 6.90. The van der Waals surface area contributed by atoms with Crippen LogP contribution in [0.15, 0.2) is 30.3 Å². The molecule has 1 aromatic heterocycles. The summed E-state index contributed by atoms with van der Waals surface area (Å²) in [7, 11) is 0. The monoisotopic (exact) mass is 358 g/mol. The van der Waals surface area contributed by atoms with Crippen LogP contribution in [0, 0.1) is 10.1 Å². The number of anilines is 1. The number of carbonyl (C=O) groups is 1. The van der Waals surface area contributed by atoms with Gasteiger partial charge in [-0.15, -0.1) is 0 Å². The number of nitro groups is 1. The van der Waals surface area contributed by atoms with Gasteiger partial charge in [0.1, 0.15) is 11.4 Å². The van der Waals surface area contributed by atoms with Gasteiger partial charge in [0.05, 0.1) is 16.5 Å². The Balaban J connectivity index is 1.67. The van der Waals surface area contributed by atoms with E-state index in [-0.39, 0.29) is 11.7 Å². The number of alkyl carbamates (subject to hydrolysis) is 1. The molecule has 138 valence electrons. The predicted octanol–water partition coefficient (Wildman–Crippen LogP) is 3.25. The van der Waals surface area contributed by atoms with Crippen molar-refractivity contribution in [2.45, 2.75) is 38.8 Å². The number of pyridine rings is 1. The average molecular weight is 358 g/mol. The summed E-state index contributed by atoms with van der Waals surface area (Å²) >= 11 is 0. The highest BCUT2D eigenvalue weighted by Crippen LogP contribution is 2.24. The fraction of sp³-hybridized carbons (Fsp3) is 0.444. The molecule has 1 aromatic carbocycles. The number of rotatable bonds is 3. The zero-order valence-corrected chi connectivity index (χ0v) is 15.1. The van der Waals surface area contributed by atoms with E-state index in [0.29, 0.717) is 12.1 Å². The van der Waals surface area contributed by atoms with Crippen LogP contribution in [0.3, 0.4) is 0 Å². The summed E-state index contributed by atoms with van der Waals surface area (Å²) in [6, 6.07) is 8.31. The van der Waals surface area contributed by atoms with E-state index in [0.717, 1.165) is 24.2 Å². The van der Waals surface area contributed by atoms with Crippen molar-refractivity contribution < 1.29 is 14.5 Å². The predicted molar refractivity (Wildman–Crippen MR) is 98.4 cm³/mol. The SMILES string of the molecule is CC(C)(C)OC(=O)N[C@H]1CCN(c2ccc3cc([N+](=O)[O-])ccc3n2)C1. The molecular weight excluding hydrogens is 336 g/mol. The summed E-state index contributed by atoms with van der Waals surface area (Å²) in [6.07, 6.45) is 0.391. The third-order valence-corrected chi connectivity index (χ3v) is 4.10. The molecule has 1 saturated heterocycles. The lowest BCUT2D eigenvalue weighted by Crippen LogP contribution is -2.40. The van der Waals surface area contributed by atoms with E-state index in [1.807, 2.05) is 32.9 Å². The van der Waals surface area contributed by atoms with Crippen LogP contribution in [0.5, 0.6) is 0 Å². The number of nitrogens with zero attached hydrogens (tertiary/aromatic N) is 3. The molecule has 0 unspecified atom stereocenters. The van der Waals surface area contributed by atoms with Gasteiger partial charge in [0.15, 0.2) is 0 Å². The largest absolute Gasteiger partial charge is 0.444 e. The van der Waals surface area contributed by atoms with Crippen LogP contribution in [0.25, 0.3) is 10.9 Å². The summed E-state index contributed by atoms with van der Waals surface area (Å²) in [5.41, 5.74) is 0.233. The molecule has 1 aliphatic rings. The molecule has 3 rings (SSSR count). The van der Waals surface area contributed by atoms with Crippen LogP contribution in [-0.2, 0) is 4.74 Å². The van der Waals surface area contributed by atoms with Crippen molar-refractivity contribution in [3.63, 3.8) is 0 Å². The molecule has 1 atom stereocenters. The number of carbonyl (C=O) groups excluding carboxylic acids is 1. The minimum atomic E-state index is -0.523. The molecule has 1 aliphatic heterocycles. The van der Waals surface area contributed by atoms with Gasteiger partial charge in [-0.2, -0.15) is 0 Å². The van der Waals surface area contributed by atoms with Crippen LogP contribution < -0.4 is 10.2 Å². The van der Waals surface area contributed by atoms with Gasteiger partial charge in [-0.3, -0.25) is 10.1 Å². The molecule has 8 nitrogen and oxygen atoms in total. The number of nitro benzene ring substituents is 1. The van der Waals surface area contributed by atoms with Crippen molar-refractivity contribution in [2.75, 3.05) is 18.0 Å². The van der Waals surface area contributed by atoms with Crippen LogP contribution in [0.1, 0.15) is 27.2 Å². The zero-order chi connectivity index (χ0) is 18.9. The Labute approximate surface area is 151 Å². The standard InChI is InChI=1S/C18H22N4O4/c1-18(2,3)26-17(23)19-13-8-9-21(11-13)16-7-4-12-10-14(22(24)25)5-6-15(12)20-16/h4-7,10,13H,8-9,11H2,1-3H3,(H,19,23)/t13-/m0/s1. The fourth-order valence-corrected chi connectivity index (χ4v) is 2.95. The Hall–Kier alpha value is -2.90. The molecule has 1 N–H and O–H groups in total. The lowest BCUT2D eigenvalue weighted by molar-refractivity contribution is -0.384. The van der Waals surface area contributed by atoms with E-state index in [4.69, 9.17) is 4.74 Å². The van der Waals surface area contributed by atoms with E-state index < -0.39 is 16.6 Å². The quantitative estimate of drug-likeness (QED) is 0.668. The topological polar surface area (TPSA) is 97.6 Å². The maximum Gasteiger partial charge on any atom is 0.407 e. The van der Waals surface area contributed by atoms with Gasteiger partial charge >= 0.3 is 6.09 Å². The smallest absolute Gasteiger partial charge is 0.407 e. The van der Waals surface area contributed by atoms with E-state index in [1.165, 1.54) is 12.1 Å². The van der Waals surface area contributed by atoms with Gasteiger partial charge in [0.2, 0.25) is 0 Å². The first-order valence-corrected chi connectivity index (χ1v) is 8.51. The maximum absolute atomic E-state index is 11.9. The molecule has 2 heterocycles. The second-order valence-electron chi connectivity index (χ2n) is 7.38. The number of aromatic nitrogens is 1. The normalized spacial score (nSPS) is 17.3. The van der Waals surface area contributed by atoms with Crippen LogP contribution >= 0.6 is 0 Å². The van der Waals surface area contributed by atoms with Gasteiger partial charge in [0.25, 0.3) is 5.69 Å². The highest BCUT2D eigenvalue weighted by Gasteiger charge is 2.27. The molecule has 0 aliphatic carbocycles. The fourth-order valence-electron chi connectivity index (χ4n) is 2.95. The first kappa shape index (κ1) is 17.9. The second kappa shape index (κ2) is 6.78. The lowest BCUT2D eigenvalue weighted by Gasteiger charge is -2.22. The van der Waals surface area contributed by atoms with Crippen molar-refractivity contribution in [3.05, 3.63) is 40.4 Å². The van der Waals surface area contributed by atoms with Crippen molar-refractivity contribution in [3.8, 4) is 0 Å². The molecule has 0 saturated carbocycles. The molecule has 26 heavy (non-hydrogen) atoms. The van der Waals surface area contributed by atoms with Gasteiger partial charge in [-0.05, 0) is 45.4 Å². The number of fused-ring (bicyclic) bond motifs is 1. The van der Waals surface area contributed by atoms with Crippen LogP contribution in [0.2, 0.25) is 0 Å². The Bertz CT molecular complexity index is 847. The van der Waals surface area contributed by atoms with Crippen LogP contribution in [-0.4, -0.2) is 40.7 Å². The average Bonchev–Trinajstić information content (AvgIpc) is 3.00. The maximum atomic E-state index is 11.9. The number of non-ortho nitro benzene ring substituents is 1. The molecule has 2 aromatic rings. The summed E-state index contributed by atoms with van der Waals surface area (Å²) in [5, 5.41) is 14.5. The summed E-state index contributed by atoms with van der Waals surface area (Å²) in [5.74, 6) is 0.792. The van der Waals surface area contributed by atoms with Gasteiger partial charge in [-0.25, -0.2) is 9.78 Å². The lowest BCUT2D eigenvalue weighted by atomic mass is 10.2. The van der Waals surface area contributed by atoms with Crippen molar-refractivity contribution in [2.24, 2.45) is 0 Å². The van der Waals surface area contributed by atoms with Gasteiger partial charge in [-0.1, -0.05) is 0 Å². The zero-order valence-electron chi connectivity index (χ0n) is 15.1. The Kier molecular flexibility index (Phi) is 4.67. The molecule has 0 bridgehead atoms. The number of benzene rings is 1. The van der Waals surface area contributed by atoms with E-state index in [9.17, 15) is 14.9 Å². The highest BCUT2D eigenvalue weighted by atomic mass is 16.6. The minimum Gasteiger partial charge on any atom is -0.444 e. The second-order valence-corrected chi connectivity index (χ2v) is 7.38. The molecule has 1 fully saturated rings. The molecule has 1 amide bonds. The number of ether oxygens (including phenoxy) is 1. The number of hydrogen-bond donors (Lipinski definition) is 1. The summed E-state index contributed by atoms with van der Waals surface area (Å²) in [4.78, 5) is 29.0. The van der Waals surface area contributed by atoms with Gasteiger partial charge < -0.3 is 15.0 Å². The highest BCUT2D eigenvalue weighted by molar-refractivity contribution is 5.82. The van der Waals surface area contributed by atoms with Crippen molar-refractivity contribution in [1.29, 1.82) is 0 Å². The summed E-state index contributed by atoms with van der Waals surface area (Å²) < 4.78 is 5.29. The third-order valence-electron chi connectivity index (χ3n) is 4.10. The molecule has 0 spiro atoms. The minimum absolute atomic E-state index is 0.000734. The molecule has 8 heteroatoms. The number of amides is 1. The Morgan fingerprint density at radius 1 is 1.35 bits per heavy atom. The molecular formula is C18H22N4O4. The molecule has 0 radical (unpaired) electrons.